The molecule has 0 spiro atoms. The smallest absolute Gasteiger partial charge is 0.433 e. The molecule has 0 fully saturated rings. The SMILES string of the molecule is COc1ccc(C2=NCC(CN)(CC(N)=O)O2)c2ccc(C(F)(F)F)nc12. The van der Waals surface area contributed by atoms with Crippen LogP contribution in [0.2, 0.25) is 0 Å². The molecule has 1 amide bonds. The van der Waals surface area contributed by atoms with Crippen LogP contribution in [0.25, 0.3) is 10.9 Å². The third kappa shape index (κ3) is 3.52. The molecule has 0 bridgehead atoms. The van der Waals surface area contributed by atoms with Gasteiger partial charge in [-0.2, -0.15) is 13.2 Å². The van der Waals surface area contributed by atoms with Gasteiger partial charge in [0.25, 0.3) is 0 Å². The molecule has 1 aromatic heterocycles. The summed E-state index contributed by atoms with van der Waals surface area (Å²) in [7, 11) is 1.34. The molecule has 144 valence electrons. The van der Waals surface area contributed by atoms with Gasteiger partial charge in [0.2, 0.25) is 11.8 Å². The Kier molecular flexibility index (Phi) is 4.68. The summed E-state index contributed by atoms with van der Waals surface area (Å²) in [5.41, 5.74) is 9.31. The lowest BCUT2D eigenvalue weighted by Crippen LogP contribution is -2.44. The van der Waals surface area contributed by atoms with E-state index in [0.717, 1.165) is 6.07 Å². The second kappa shape index (κ2) is 6.69. The van der Waals surface area contributed by atoms with Crippen molar-refractivity contribution in [2.45, 2.75) is 18.2 Å². The maximum absolute atomic E-state index is 13.0. The second-order valence-electron chi connectivity index (χ2n) is 6.16. The third-order valence-electron chi connectivity index (χ3n) is 4.25. The van der Waals surface area contributed by atoms with Gasteiger partial charge in [0.15, 0.2) is 5.60 Å². The number of pyridine rings is 1. The van der Waals surface area contributed by atoms with E-state index in [9.17, 15) is 18.0 Å². The molecule has 1 atom stereocenters. The molecule has 27 heavy (non-hydrogen) atoms. The number of nitrogens with zero attached hydrogens (tertiary/aromatic N) is 2. The fourth-order valence-corrected chi connectivity index (χ4v) is 2.91. The van der Waals surface area contributed by atoms with Gasteiger partial charge in [0.1, 0.15) is 17.0 Å². The van der Waals surface area contributed by atoms with E-state index in [2.05, 4.69) is 9.98 Å². The molecule has 0 saturated carbocycles. The summed E-state index contributed by atoms with van der Waals surface area (Å²) in [5.74, 6) is -0.246. The zero-order valence-electron chi connectivity index (χ0n) is 14.3. The molecule has 10 heteroatoms. The Bertz CT molecular complexity index is 930. The molecule has 0 saturated heterocycles. The lowest BCUT2D eigenvalue weighted by atomic mass is 10.00. The largest absolute Gasteiger partial charge is 0.494 e. The summed E-state index contributed by atoms with van der Waals surface area (Å²) in [5, 5.41) is 0.369. The number of benzene rings is 1. The van der Waals surface area contributed by atoms with Gasteiger partial charge in [-0.25, -0.2) is 9.98 Å². The second-order valence-corrected chi connectivity index (χ2v) is 6.16. The first-order valence-electron chi connectivity index (χ1n) is 7.96. The number of fused-ring (bicyclic) bond motifs is 1. The average molecular weight is 382 g/mol. The van der Waals surface area contributed by atoms with Crippen LogP contribution < -0.4 is 16.2 Å². The van der Waals surface area contributed by atoms with Crippen molar-refractivity contribution >= 4 is 22.7 Å². The maximum Gasteiger partial charge on any atom is 0.433 e. The van der Waals surface area contributed by atoms with Gasteiger partial charge < -0.3 is 20.9 Å². The molecule has 1 aliphatic rings. The number of ether oxygens (including phenoxy) is 2. The number of alkyl halides is 3. The van der Waals surface area contributed by atoms with Gasteiger partial charge in [0.05, 0.1) is 20.1 Å². The minimum absolute atomic E-state index is 0.00744. The van der Waals surface area contributed by atoms with Gasteiger partial charge in [-0.05, 0) is 24.3 Å². The number of methoxy groups -OCH3 is 1. The van der Waals surface area contributed by atoms with E-state index < -0.39 is 23.4 Å². The van der Waals surface area contributed by atoms with Gasteiger partial charge >= 0.3 is 6.18 Å². The average Bonchev–Trinajstić information content (AvgIpc) is 3.03. The number of halogens is 3. The number of aliphatic imine (C=N–C) groups is 1. The highest BCUT2D eigenvalue weighted by molar-refractivity contribution is 6.08. The standard InChI is InChI=1S/C17H17F3N4O3/c1-26-11-4-2-10(9-3-5-12(17(18,19)20)24-14(9)11)15-23-8-16(7-21,27-15)6-13(22)25/h2-5H,6-8,21H2,1H3,(H2,22,25). The Morgan fingerprint density at radius 1 is 1.33 bits per heavy atom. The first kappa shape index (κ1) is 18.9. The monoisotopic (exact) mass is 382 g/mol. The zero-order valence-corrected chi connectivity index (χ0v) is 14.3. The lowest BCUT2D eigenvalue weighted by Gasteiger charge is -2.25. The van der Waals surface area contributed by atoms with Crippen molar-refractivity contribution in [1.82, 2.24) is 4.98 Å². The molecule has 0 radical (unpaired) electrons. The van der Waals surface area contributed by atoms with Crippen LogP contribution in [0.3, 0.4) is 0 Å². The summed E-state index contributed by atoms with van der Waals surface area (Å²) in [6, 6.07) is 5.24. The minimum Gasteiger partial charge on any atom is -0.494 e. The highest BCUT2D eigenvalue weighted by Gasteiger charge is 2.39. The van der Waals surface area contributed by atoms with Crippen molar-refractivity contribution in [1.29, 1.82) is 0 Å². The van der Waals surface area contributed by atoms with Gasteiger partial charge in [-0.3, -0.25) is 4.79 Å². The van der Waals surface area contributed by atoms with E-state index in [1.54, 1.807) is 6.07 Å². The molecule has 0 aliphatic carbocycles. The zero-order chi connectivity index (χ0) is 19.8. The fourth-order valence-electron chi connectivity index (χ4n) is 2.91. The summed E-state index contributed by atoms with van der Waals surface area (Å²) in [6.45, 7) is 0.122. The molecule has 1 aliphatic heterocycles. The predicted octanol–water partition coefficient (Wildman–Crippen LogP) is 1.61. The number of primary amides is 1. The number of hydrogen-bond donors (Lipinski definition) is 2. The molecule has 1 unspecified atom stereocenters. The van der Waals surface area contributed by atoms with Gasteiger partial charge in [-0.1, -0.05) is 0 Å². The Hall–Kier alpha value is -2.88. The Morgan fingerprint density at radius 2 is 2.07 bits per heavy atom. The lowest BCUT2D eigenvalue weighted by molar-refractivity contribution is -0.141. The van der Waals surface area contributed by atoms with Crippen LogP contribution in [0.1, 0.15) is 17.7 Å². The summed E-state index contributed by atoms with van der Waals surface area (Å²) < 4.78 is 50.0. The van der Waals surface area contributed by atoms with Crippen molar-refractivity contribution in [3.8, 4) is 5.75 Å². The molecule has 7 nitrogen and oxygen atoms in total. The molecule has 2 aromatic rings. The van der Waals surface area contributed by atoms with Crippen molar-refractivity contribution in [2.24, 2.45) is 16.5 Å². The summed E-state index contributed by atoms with van der Waals surface area (Å²) in [6.07, 6.45) is -4.71. The summed E-state index contributed by atoms with van der Waals surface area (Å²) in [4.78, 5) is 19.3. The van der Waals surface area contributed by atoms with Gasteiger partial charge in [0, 0.05) is 17.5 Å². The van der Waals surface area contributed by atoms with E-state index in [0.29, 0.717) is 10.9 Å². The molecular formula is C17H17F3N4O3. The van der Waals surface area contributed by atoms with E-state index in [4.69, 9.17) is 20.9 Å². The number of carbonyl (C=O) groups is 1. The van der Waals surface area contributed by atoms with Crippen LogP contribution in [-0.4, -0.2) is 42.6 Å². The number of nitrogens with two attached hydrogens (primary N) is 2. The number of amides is 1. The molecule has 1 aromatic carbocycles. The Balaban J connectivity index is 2.07. The topological polar surface area (TPSA) is 113 Å². The first-order valence-corrected chi connectivity index (χ1v) is 7.96. The molecule has 2 heterocycles. The Labute approximate surface area is 152 Å². The first-order chi connectivity index (χ1) is 12.7. The van der Waals surface area contributed by atoms with Crippen LogP contribution in [0, 0.1) is 0 Å². The van der Waals surface area contributed by atoms with E-state index in [1.807, 2.05) is 0 Å². The fraction of sp³-hybridized carbons (Fsp3) is 0.353. The normalized spacial score (nSPS) is 19.7. The molecule has 3 rings (SSSR count). The van der Waals surface area contributed by atoms with Crippen molar-refractivity contribution in [2.75, 3.05) is 20.2 Å². The van der Waals surface area contributed by atoms with Crippen LogP contribution in [0.5, 0.6) is 5.75 Å². The van der Waals surface area contributed by atoms with Crippen molar-refractivity contribution in [3.63, 3.8) is 0 Å². The summed E-state index contributed by atoms with van der Waals surface area (Å²) >= 11 is 0. The van der Waals surface area contributed by atoms with Crippen LogP contribution in [0.15, 0.2) is 29.3 Å². The van der Waals surface area contributed by atoms with E-state index >= 15 is 0 Å². The number of aromatic nitrogens is 1. The maximum atomic E-state index is 13.0. The highest BCUT2D eigenvalue weighted by Crippen LogP contribution is 2.35. The van der Waals surface area contributed by atoms with Gasteiger partial charge in [-0.15, -0.1) is 0 Å². The molecule has 4 N–H and O–H groups in total. The van der Waals surface area contributed by atoms with Crippen LogP contribution >= 0.6 is 0 Å². The predicted molar refractivity (Wildman–Crippen MR) is 91.4 cm³/mol. The van der Waals surface area contributed by atoms with Crippen LogP contribution in [0.4, 0.5) is 13.2 Å². The quantitative estimate of drug-likeness (QED) is 0.816. The van der Waals surface area contributed by atoms with E-state index in [1.165, 1.54) is 19.2 Å². The number of carbonyl (C=O) groups excluding carboxylic acids is 1. The number of rotatable bonds is 5. The van der Waals surface area contributed by atoms with E-state index in [-0.39, 0.29) is 36.7 Å². The number of hydrogen-bond acceptors (Lipinski definition) is 6. The Morgan fingerprint density at radius 3 is 2.67 bits per heavy atom. The van der Waals surface area contributed by atoms with Crippen molar-refractivity contribution in [3.05, 3.63) is 35.5 Å². The molecular weight excluding hydrogens is 365 g/mol. The van der Waals surface area contributed by atoms with Crippen molar-refractivity contribution < 1.29 is 27.4 Å². The third-order valence-corrected chi connectivity index (χ3v) is 4.25. The van der Waals surface area contributed by atoms with Crippen LogP contribution in [-0.2, 0) is 15.7 Å². The highest BCUT2D eigenvalue weighted by atomic mass is 19.4. The minimum atomic E-state index is -4.59.